The van der Waals surface area contributed by atoms with Gasteiger partial charge in [0.15, 0.2) is 5.78 Å². The van der Waals surface area contributed by atoms with E-state index in [4.69, 9.17) is 4.74 Å². The van der Waals surface area contributed by atoms with Gasteiger partial charge in [-0.05, 0) is 44.9 Å². The van der Waals surface area contributed by atoms with E-state index >= 15 is 0 Å². The van der Waals surface area contributed by atoms with Gasteiger partial charge in [-0.25, -0.2) is 4.79 Å². The minimum absolute atomic E-state index is 0.0643. The van der Waals surface area contributed by atoms with Gasteiger partial charge in [0.25, 0.3) is 0 Å². The van der Waals surface area contributed by atoms with Crippen LogP contribution in [0.15, 0.2) is 28.7 Å². The number of benzene rings is 1. The molecule has 1 aliphatic heterocycles. The molecule has 0 aliphatic carbocycles. The quantitative estimate of drug-likeness (QED) is 0.772. The molecular weight excluding hydrogens is 334 g/mol. The average molecular weight is 354 g/mol. The van der Waals surface area contributed by atoms with E-state index in [0.717, 1.165) is 10.0 Å². The highest BCUT2D eigenvalue weighted by Crippen LogP contribution is 2.27. The number of carbonyl (C=O) groups is 2. The molecule has 1 amide bonds. The first-order valence-electron chi connectivity index (χ1n) is 7.02. The molecule has 21 heavy (non-hydrogen) atoms. The van der Waals surface area contributed by atoms with Crippen molar-refractivity contribution >= 4 is 27.8 Å². The van der Waals surface area contributed by atoms with E-state index in [1.54, 1.807) is 0 Å². The maximum Gasteiger partial charge on any atom is 0.410 e. The zero-order valence-electron chi connectivity index (χ0n) is 12.6. The Morgan fingerprint density at radius 2 is 1.90 bits per heavy atom. The summed E-state index contributed by atoms with van der Waals surface area (Å²) < 4.78 is 6.30. The SMILES string of the molecule is CC(C)(C)OC(=O)N1CC[C@@H](c2ccc(Br)cc2)C(=O)C1. The number of nitrogens with zero attached hydrogens (tertiary/aromatic N) is 1. The summed E-state index contributed by atoms with van der Waals surface area (Å²) in [6.45, 7) is 6.13. The lowest BCUT2D eigenvalue weighted by Crippen LogP contribution is -2.45. The number of likely N-dealkylation sites (tertiary alicyclic amines) is 1. The third-order valence-electron chi connectivity index (χ3n) is 3.35. The van der Waals surface area contributed by atoms with E-state index in [0.29, 0.717) is 13.0 Å². The van der Waals surface area contributed by atoms with Crippen LogP contribution < -0.4 is 0 Å². The Morgan fingerprint density at radius 1 is 1.29 bits per heavy atom. The third kappa shape index (κ3) is 4.30. The predicted molar refractivity (Wildman–Crippen MR) is 84.3 cm³/mol. The molecular formula is C16H20BrNO3. The standard InChI is InChI=1S/C16H20BrNO3/c1-16(2,3)21-15(20)18-9-8-13(14(19)10-18)11-4-6-12(17)7-5-11/h4-7,13H,8-10H2,1-3H3/t13-/m0/s1. The highest BCUT2D eigenvalue weighted by Gasteiger charge is 2.32. The lowest BCUT2D eigenvalue weighted by atomic mass is 9.88. The molecule has 2 rings (SSSR count). The molecule has 0 spiro atoms. The summed E-state index contributed by atoms with van der Waals surface area (Å²) in [5.41, 5.74) is 0.468. The Hall–Kier alpha value is -1.36. The largest absolute Gasteiger partial charge is 0.444 e. The molecule has 5 heteroatoms. The monoisotopic (exact) mass is 353 g/mol. The van der Waals surface area contributed by atoms with Crippen molar-refractivity contribution in [3.8, 4) is 0 Å². The predicted octanol–water partition coefficient (Wildman–Crippen LogP) is 3.74. The number of piperidine rings is 1. The van der Waals surface area contributed by atoms with Crippen LogP contribution in [-0.4, -0.2) is 35.5 Å². The van der Waals surface area contributed by atoms with Crippen molar-refractivity contribution in [3.63, 3.8) is 0 Å². The molecule has 114 valence electrons. The first kappa shape index (κ1) is 16.0. The van der Waals surface area contributed by atoms with Crippen LogP contribution >= 0.6 is 15.9 Å². The number of rotatable bonds is 1. The van der Waals surface area contributed by atoms with Gasteiger partial charge >= 0.3 is 6.09 Å². The maximum atomic E-state index is 12.3. The molecule has 0 radical (unpaired) electrons. The molecule has 1 heterocycles. The van der Waals surface area contributed by atoms with Crippen molar-refractivity contribution in [2.24, 2.45) is 0 Å². The van der Waals surface area contributed by atoms with Crippen molar-refractivity contribution in [2.75, 3.05) is 13.1 Å². The van der Waals surface area contributed by atoms with Gasteiger partial charge in [-0.1, -0.05) is 28.1 Å². The van der Waals surface area contributed by atoms with Gasteiger partial charge in [0.05, 0.1) is 6.54 Å². The topological polar surface area (TPSA) is 46.6 Å². The Labute approximate surface area is 133 Å². The van der Waals surface area contributed by atoms with Crippen molar-refractivity contribution < 1.29 is 14.3 Å². The van der Waals surface area contributed by atoms with Crippen LogP contribution in [0.25, 0.3) is 0 Å². The first-order valence-corrected chi connectivity index (χ1v) is 7.82. The van der Waals surface area contributed by atoms with Crippen molar-refractivity contribution in [3.05, 3.63) is 34.3 Å². The molecule has 0 unspecified atom stereocenters. The number of ether oxygens (including phenoxy) is 1. The van der Waals surface area contributed by atoms with Gasteiger partial charge < -0.3 is 9.64 Å². The summed E-state index contributed by atoms with van der Waals surface area (Å²) in [6, 6.07) is 7.78. The molecule has 1 atom stereocenters. The number of hydrogen-bond acceptors (Lipinski definition) is 3. The van der Waals surface area contributed by atoms with Crippen LogP contribution in [0, 0.1) is 0 Å². The fraction of sp³-hybridized carbons (Fsp3) is 0.500. The van der Waals surface area contributed by atoms with Gasteiger partial charge in [-0.15, -0.1) is 0 Å². The molecule has 1 aromatic carbocycles. The lowest BCUT2D eigenvalue weighted by molar-refractivity contribution is -0.123. The molecule has 0 bridgehead atoms. The molecule has 0 aromatic heterocycles. The van der Waals surface area contributed by atoms with Crippen LogP contribution in [0.5, 0.6) is 0 Å². The minimum atomic E-state index is -0.539. The highest BCUT2D eigenvalue weighted by molar-refractivity contribution is 9.10. The van der Waals surface area contributed by atoms with Gasteiger partial charge in [-0.3, -0.25) is 4.79 Å². The summed E-state index contributed by atoms with van der Waals surface area (Å²) in [4.78, 5) is 25.8. The van der Waals surface area contributed by atoms with E-state index in [1.165, 1.54) is 4.90 Å². The van der Waals surface area contributed by atoms with Crippen molar-refractivity contribution in [1.82, 2.24) is 4.90 Å². The summed E-state index contributed by atoms with van der Waals surface area (Å²) >= 11 is 3.39. The molecule has 1 aliphatic rings. The van der Waals surface area contributed by atoms with E-state index < -0.39 is 11.7 Å². The number of halogens is 1. The Morgan fingerprint density at radius 3 is 2.43 bits per heavy atom. The zero-order valence-corrected chi connectivity index (χ0v) is 14.1. The van der Waals surface area contributed by atoms with Crippen LogP contribution in [0.3, 0.4) is 0 Å². The second kappa shape index (κ2) is 6.18. The van der Waals surface area contributed by atoms with Crippen LogP contribution in [0.1, 0.15) is 38.7 Å². The Kier molecular flexibility index (Phi) is 4.71. The second-order valence-corrected chi connectivity index (χ2v) is 7.18. The summed E-state index contributed by atoms with van der Waals surface area (Å²) in [5, 5.41) is 0. The van der Waals surface area contributed by atoms with Crippen molar-refractivity contribution in [1.29, 1.82) is 0 Å². The first-order chi connectivity index (χ1) is 9.76. The average Bonchev–Trinajstić information content (AvgIpc) is 2.38. The maximum absolute atomic E-state index is 12.3. The van der Waals surface area contributed by atoms with Gasteiger partial charge in [-0.2, -0.15) is 0 Å². The van der Waals surface area contributed by atoms with E-state index in [-0.39, 0.29) is 18.2 Å². The molecule has 0 N–H and O–H groups in total. The number of Topliss-reactive ketones (excluding diaryl/α,β-unsaturated/α-hetero) is 1. The highest BCUT2D eigenvalue weighted by atomic mass is 79.9. The lowest BCUT2D eigenvalue weighted by Gasteiger charge is -2.32. The molecule has 1 aromatic rings. The van der Waals surface area contributed by atoms with Crippen LogP contribution in [-0.2, 0) is 9.53 Å². The molecule has 1 fully saturated rings. The fourth-order valence-electron chi connectivity index (χ4n) is 2.35. The van der Waals surface area contributed by atoms with Gasteiger partial charge in [0, 0.05) is 16.9 Å². The normalized spacial score (nSPS) is 19.5. The smallest absolute Gasteiger partial charge is 0.410 e. The molecule has 0 saturated carbocycles. The second-order valence-electron chi connectivity index (χ2n) is 6.26. The Balaban J connectivity index is 2.01. The Bertz CT molecular complexity index is 533. The van der Waals surface area contributed by atoms with E-state index in [1.807, 2.05) is 45.0 Å². The van der Waals surface area contributed by atoms with Crippen molar-refractivity contribution in [2.45, 2.75) is 38.7 Å². The zero-order chi connectivity index (χ0) is 15.6. The molecule has 1 saturated heterocycles. The number of ketones is 1. The summed E-state index contributed by atoms with van der Waals surface area (Å²) in [7, 11) is 0. The summed E-state index contributed by atoms with van der Waals surface area (Å²) in [5.74, 6) is -0.0637. The van der Waals surface area contributed by atoms with Gasteiger partial charge in [0.1, 0.15) is 5.60 Å². The van der Waals surface area contributed by atoms with E-state index in [2.05, 4.69) is 15.9 Å². The van der Waals surface area contributed by atoms with Crippen LogP contribution in [0.4, 0.5) is 4.79 Å². The third-order valence-corrected chi connectivity index (χ3v) is 3.88. The molecule has 4 nitrogen and oxygen atoms in total. The fourth-order valence-corrected chi connectivity index (χ4v) is 2.62. The number of amides is 1. The van der Waals surface area contributed by atoms with Gasteiger partial charge in [0.2, 0.25) is 0 Å². The number of carbonyl (C=O) groups excluding carboxylic acids is 2. The summed E-state index contributed by atoms with van der Waals surface area (Å²) in [6.07, 6.45) is 0.227. The number of hydrogen-bond donors (Lipinski definition) is 0. The van der Waals surface area contributed by atoms with Crippen LogP contribution in [0.2, 0.25) is 0 Å². The minimum Gasteiger partial charge on any atom is -0.444 e. The van der Waals surface area contributed by atoms with E-state index in [9.17, 15) is 9.59 Å².